The van der Waals surface area contributed by atoms with Crippen LogP contribution >= 0.6 is 0 Å². The van der Waals surface area contributed by atoms with E-state index in [1.165, 1.54) is 6.21 Å². The lowest BCUT2D eigenvalue weighted by Crippen LogP contribution is -2.47. The second-order valence-corrected chi connectivity index (χ2v) is 8.26. The van der Waals surface area contributed by atoms with Crippen LogP contribution in [0.4, 0.5) is 5.69 Å². The Bertz CT molecular complexity index is 995. The highest BCUT2D eigenvalue weighted by atomic mass is 16.6. The number of rotatable bonds is 3. The zero-order valence-corrected chi connectivity index (χ0v) is 16.5. The Morgan fingerprint density at radius 2 is 1.55 bits per heavy atom. The van der Waals surface area contributed by atoms with E-state index in [-0.39, 0.29) is 5.91 Å². The van der Waals surface area contributed by atoms with E-state index in [0.29, 0.717) is 11.3 Å². The van der Waals surface area contributed by atoms with Crippen molar-refractivity contribution in [1.82, 2.24) is 0 Å². The highest BCUT2D eigenvalue weighted by Gasteiger charge is 2.65. The molecular formula is C23H22N2O4. The number of esters is 1. The molecule has 0 aliphatic carbocycles. The molecule has 0 saturated carbocycles. The summed E-state index contributed by atoms with van der Waals surface area (Å²) in [6.45, 7) is 5.28. The second kappa shape index (κ2) is 6.65. The van der Waals surface area contributed by atoms with E-state index >= 15 is 0 Å². The Morgan fingerprint density at radius 1 is 0.966 bits per heavy atom. The molecule has 0 unspecified atom stereocenters. The normalized spacial score (nSPS) is 26.0. The zero-order chi connectivity index (χ0) is 20.8. The van der Waals surface area contributed by atoms with Gasteiger partial charge in [-0.1, -0.05) is 48.5 Å². The van der Waals surface area contributed by atoms with Gasteiger partial charge in [0.2, 0.25) is 11.8 Å². The van der Waals surface area contributed by atoms with E-state index in [4.69, 9.17) is 4.74 Å². The molecule has 148 valence electrons. The number of carbonyl (C=O) groups excluding carboxylic acids is 3. The van der Waals surface area contributed by atoms with E-state index < -0.39 is 34.9 Å². The third kappa shape index (κ3) is 2.95. The van der Waals surface area contributed by atoms with Crippen LogP contribution < -0.4 is 4.90 Å². The molecule has 2 aromatic rings. The van der Waals surface area contributed by atoms with Crippen LogP contribution in [-0.4, -0.2) is 29.6 Å². The minimum Gasteiger partial charge on any atom is -0.458 e. The highest BCUT2D eigenvalue weighted by Crippen LogP contribution is 2.49. The van der Waals surface area contributed by atoms with Gasteiger partial charge in [-0.25, -0.2) is 9.69 Å². The first kappa shape index (κ1) is 19.1. The van der Waals surface area contributed by atoms with Gasteiger partial charge in [-0.15, -0.1) is 0 Å². The molecule has 2 heterocycles. The van der Waals surface area contributed by atoms with Crippen LogP contribution in [0.15, 0.2) is 65.7 Å². The number of fused-ring (bicyclic) bond motifs is 1. The van der Waals surface area contributed by atoms with Gasteiger partial charge in [-0.3, -0.25) is 14.6 Å². The topological polar surface area (TPSA) is 76.0 Å². The minimum absolute atomic E-state index is 0.378. The molecule has 1 fully saturated rings. The summed E-state index contributed by atoms with van der Waals surface area (Å²) in [4.78, 5) is 45.6. The molecule has 0 radical (unpaired) electrons. The molecule has 2 aliphatic heterocycles. The molecule has 0 aromatic heterocycles. The fourth-order valence-corrected chi connectivity index (χ4v) is 3.99. The molecule has 2 aromatic carbocycles. The van der Waals surface area contributed by atoms with Gasteiger partial charge in [-0.05, 0) is 38.5 Å². The van der Waals surface area contributed by atoms with Crippen molar-refractivity contribution in [3.63, 3.8) is 0 Å². The summed E-state index contributed by atoms with van der Waals surface area (Å²) in [5.74, 6) is -3.24. The monoisotopic (exact) mass is 390 g/mol. The zero-order valence-electron chi connectivity index (χ0n) is 16.5. The number of para-hydroxylation sites is 1. The predicted molar refractivity (Wildman–Crippen MR) is 108 cm³/mol. The first-order chi connectivity index (χ1) is 13.8. The van der Waals surface area contributed by atoms with Crippen LogP contribution in [-0.2, 0) is 24.7 Å². The summed E-state index contributed by atoms with van der Waals surface area (Å²) in [6, 6.07) is 17.6. The minimum atomic E-state index is -1.59. The Labute approximate surface area is 169 Å². The lowest BCUT2D eigenvalue weighted by Gasteiger charge is -2.33. The average Bonchev–Trinajstić information content (AvgIpc) is 3.20. The molecular weight excluding hydrogens is 368 g/mol. The maximum atomic E-state index is 13.5. The van der Waals surface area contributed by atoms with Crippen molar-refractivity contribution in [2.45, 2.75) is 31.9 Å². The third-order valence-corrected chi connectivity index (χ3v) is 5.18. The average molecular weight is 390 g/mol. The van der Waals surface area contributed by atoms with Gasteiger partial charge in [0.15, 0.2) is 5.54 Å². The molecule has 6 nitrogen and oxygen atoms in total. The van der Waals surface area contributed by atoms with Crippen LogP contribution in [0.3, 0.4) is 0 Å². The van der Waals surface area contributed by atoms with E-state index in [0.717, 1.165) is 4.90 Å². The number of imide groups is 1. The number of hydrogen-bond donors (Lipinski definition) is 0. The van der Waals surface area contributed by atoms with Gasteiger partial charge in [0.25, 0.3) is 0 Å². The van der Waals surface area contributed by atoms with Crippen molar-refractivity contribution in [1.29, 1.82) is 0 Å². The summed E-state index contributed by atoms with van der Waals surface area (Å²) in [6.07, 6.45) is 1.44. The number of nitrogens with zero attached hydrogens (tertiary/aromatic N) is 2. The van der Waals surface area contributed by atoms with Crippen molar-refractivity contribution in [3.8, 4) is 0 Å². The van der Waals surface area contributed by atoms with Gasteiger partial charge >= 0.3 is 5.97 Å². The van der Waals surface area contributed by atoms with Crippen LogP contribution in [0, 0.1) is 11.8 Å². The molecule has 0 N–H and O–H groups in total. The first-order valence-corrected chi connectivity index (χ1v) is 9.53. The van der Waals surface area contributed by atoms with Crippen molar-refractivity contribution >= 4 is 29.7 Å². The van der Waals surface area contributed by atoms with Gasteiger partial charge < -0.3 is 4.74 Å². The van der Waals surface area contributed by atoms with Gasteiger partial charge in [0.05, 0.1) is 17.5 Å². The number of amides is 2. The highest BCUT2D eigenvalue weighted by molar-refractivity contribution is 6.28. The van der Waals surface area contributed by atoms with Crippen molar-refractivity contribution in [2.75, 3.05) is 4.90 Å². The maximum Gasteiger partial charge on any atom is 0.340 e. The van der Waals surface area contributed by atoms with Crippen molar-refractivity contribution < 1.29 is 19.1 Å². The summed E-state index contributed by atoms with van der Waals surface area (Å²) in [5.41, 5.74) is -1.34. The van der Waals surface area contributed by atoms with Gasteiger partial charge in [0, 0.05) is 6.21 Å². The maximum absolute atomic E-state index is 13.5. The number of hydrogen-bond acceptors (Lipinski definition) is 5. The SMILES string of the molecule is CC(C)(C)OC(=O)[C@@]1(c2ccccc2)N=C[C@H]2C(=O)N(c3ccccc3)C(=O)[C@H]21. The first-order valence-electron chi connectivity index (χ1n) is 9.53. The quantitative estimate of drug-likeness (QED) is 0.596. The summed E-state index contributed by atoms with van der Waals surface area (Å²) in [5, 5.41) is 0. The molecule has 6 heteroatoms. The number of anilines is 1. The predicted octanol–water partition coefficient (Wildman–Crippen LogP) is 3.11. The Morgan fingerprint density at radius 3 is 2.14 bits per heavy atom. The Balaban J connectivity index is 1.84. The van der Waals surface area contributed by atoms with E-state index in [9.17, 15) is 14.4 Å². The molecule has 2 aliphatic rings. The summed E-state index contributed by atoms with van der Waals surface area (Å²) < 4.78 is 5.68. The molecule has 3 atom stereocenters. The van der Waals surface area contributed by atoms with Crippen LogP contribution in [0.5, 0.6) is 0 Å². The van der Waals surface area contributed by atoms with Crippen molar-refractivity contribution in [3.05, 3.63) is 66.2 Å². The smallest absolute Gasteiger partial charge is 0.340 e. The third-order valence-electron chi connectivity index (χ3n) is 5.18. The molecule has 2 amide bonds. The number of benzene rings is 2. The number of carbonyl (C=O) groups is 3. The van der Waals surface area contributed by atoms with Crippen LogP contribution in [0.25, 0.3) is 0 Å². The molecule has 0 spiro atoms. The number of ether oxygens (including phenoxy) is 1. The lowest BCUT2D eigenvalue weighted by atomic mass is 9.75. The molecule has 29 heavy (non-hydrogen) atoms. The number of aliphatic imine (C=N–C) groups is 1. The fourth-order valence-electron chi connectivity index (χ4n) is 3.99. The van der Waals surface area contributed by atoms with Gasteiger partial charge in [0.1, 0.15) is 5.60 Å². The van der Waals surface area contributed by atoms with E-state index in [1.54, 1.807) is 69.3 Å². The fraction of sp³-hybridized carbons (Fsp3) is 0.304. The second-order valence-electron chi connectivity index (χ2n) is 8.26. The van der Waals surface area contributed by atoms with E-state index in [1.807, 2.05) is 12.1 Å². The summed E-state index contributed by atoms with van der Waals surface area (Å²) in [7, 11) is 0. The molecule has 1 saturated heterocycles. The largest absolute Gasteiger partial charge is 0.458 e. The standard InChI is InChI=1S/C23H22N2O4/c1-22(2,3)29-21(28)23(15-10-6-4-7-11-15)18-17(14-24-23)19(26)25(20(18)27)16-12-8-5-9-13-16/h4-14,17-18H,1-3H3/t17-,18+,23+/m1/s1. The van der Waals surface area contributed by atoms with Crippen molar-refractivity contribution in [2.24, 2.45) is 16.8 Å². The molecule has 0 bridgehead atoms. The Hall–Kier alpha value is -3.28. The lowest BCUT2D eigenvalue weighted by molar-refractivity contribution is -0.165. The van der Waals surface area contributed by atoms with Gasteiger partial charge in [-0.2, -0.15) is 0 Å². The van der Waals surface area contributed by atoms with Crippen LogP contribution in [0.1, 0.15) is 26.3 Å². The molecule has 4 rings (SSSR count). The summed E-state index contributed by atoms with van der Waals surface area (Å²) >= 11 is 0. The van der Waals surface area contributed by atoms with Crippen LogP contribution in [0.2, 0.25) is 0 Å². The Kier molecular flexibility index (Phi) is 4.37. The van der Waals surface area contributed by atoms with E-state index in [2.05, 4.69) is 4.99 Å².